The molecule has 0 aliphatic heterocycles. The van der Waals surface area contributed by atoms with E-state index in [0.717, 1.165) is 0 Å². The van der Waals surface area contributed by atoms with Gasteiger partial charge in [0, 0.05) is 0 Å². The van der Waals surface area contributed by atoms with Crippen molar-refractivity contribution in [2.45, 2.75) is 0 Å². The fraction of sp³-hybridized carbons (Fsp3) is 0.143. The summed E-state index contributed by atoms with van der Waals surface area (Å²) in [6.07, 6.45) is 0. The number of hydrogen-bond acceptors (Lipinski definition) is 1. The predicted octanol–water partition coefficient (Wildman–Crippen LogP) is 1.33. The van der Waals surface area contributed by atoms with Gasteiger partial charge >= 0.3 is 0 Å². The summed E-state index contributed by atoms with van der Waals surface area (Å²) in [4.78, 5) is 3.15. The van der Waals surface area contributed by atoms with Crippen LogP contribution in [0.4, 0.5) is 0 Å². The van der Waals surface area contributed by atoms with Crippen molar-refractivity contribution in [1.82, 2.24) is 4.98 Å². The maximum Gasteiger partial charge on any atom is 0.198 e. The van der Waals surface area contributed by atoms with E-state index in [0.29, 0.717) is 0 Å². The topological polar surface area (TPSA) is 12.0 Å². The molecule has 0 saturated heterocycles. The summed E-state index contributed by atoms with van der Waals surface area (Å²) in [7, 11) is 0.250. The molecule has 0 heterocycles. The van der Waals surface area contributed by atoms with Gasteiger partial charge in [0.1, 0.15) is 0 Å². The Balaban J connectivity index is 4.34. The van der Waals surface area contributed by atoms with Crippen LogP contribution in [0.2, 0.25) is 0 Å². The molecule has 0 atom stereocenters. The lowest BCUT2D eigenvalue weighted by Crippen LogP contribution is -2.43. The molecule has 0 spiro atoms. The first-order valence-electron chi connectivity index (χ1n) is 2.84. The Hall–Kier alpha value is -0.603. The molecule has 0 saturated carbocycles. The van der Waals surface area contributed by atoms with Crippen molar-refractivity contribution < 1.29 is 0 Å². The zero-order valence-corrected chi connectivity index (χ0v) is 6.85. The summed E-state index contributed by atoms with van der Waals surface area (Å²) in [5.41, 5.74) is 5.69. The van der Waals surface area contributed by atoms with Crippen LogP contribution in [0.3, 0.4) is 0 Å². The van der Waals surface area contributed by atoms with Crippen LogP contribution in [-0.2, 0) is 0 Å². The molecule has 0 aliphatic carbocycles. The largest absolute Gasteiger partial charge is 0.331 e. The van der Waals surface area contributed by atoms with E-state index in [4.69, 9.17) is 0 Å². The van der Waals surface area contributed by atoms with Crippen LogP contribution in [0.25, 0.3) is 0 Å². The lowest BCUT2D eigenvalue weighted by Gasteiger charge is -2.16. The minimum Gasteiger partial charge on any atom is -0.331 e. The first kappa shape index (κ1) is 8.40. The van der Waals surface area contributed by atoms with Gasteiger partial charge < -0.3 is 4.98 Å². The van der Waals surface area contributed by atoms with Crippen LogP contribution in [0, 0.1) is 0 Å². The van der Waals surface area contributed by atoms with Crippen molar-refractivity contribution in [1.29, 1.82) is 0 Å². The zero-order valence-electron chi connectivity index (χ0n) is 5.85. The highest BCUT2D eigenvalue weighted by atomic mass is 28.3. The number of rotatable bonds is 4. The molecule has 1 nitrogen and oxygen atoms in total. The predicted molar refractivity (Wildman–Crippen MR) is 45.4 cm³/mol. The Morgan fingerprint density at radius 1 is 1.11 bits per heavy atom. The van der Waals surface area contributed by atoms with E-state index in [1.165, 1.54) is 0 Å². The average molecular weight is 139 g/mol. The monoisotopic (exact) mass is 139 g/mol. The van der Waals surface area contributed by atoms with Gasteiger partial charge in [0.2, 0.25) is 0 Å². The smallest absolute Gasteiger partial charge is 0.198 e. The minimum absolute atomic E-state index is 1.65. The number of hydrogen-bond donors (Lipinski definition) is 1. The van der Waals surface area contributed by atoms with Crippen molar-refractivity contribution >= 4 is 8.24 Å². The fourth-order valence-corrected chi connectivity index (χ4v) is 1.67. The summed E-state index contributed by atoms with van der Waals surface area (Å²) < 4.78 is 0. The minimum atomic E-state index is -1.65. The van der Waals surface area contributed by atoms with Crippen molar-refractivity contribution in [3.63, 3.8) is 0 Å². The van der Waals surface area contributed by atoms with E-state index >= 15 is 0 Å². The van der Waals surface area contributed by atoms with Gasteiger partial charge in [-0.05, 0) is 7.05 Å². The second-order valence-electron chi connectivity index (χ2n) is 1.80. The van der Waals surface area contributed by atoms with Crippen LogP contribution in [-0.4, -0.2) is 15.3 Å². The maximum absolute atomic E-state index is 3.70. The number of nitrogens with one attached hydrogen (secondary N) is 1. The molecule has 0 aliphatic rings. The Kier molecular flexibility index (Phi) is 3.20. The lowest BCUT2D eigenvalue weighted by atomic mass is 11.2. The molecule has 0 bridgehead atoms. The van der Waals surface area contributed by atoms with Gasteiger partial charge in [-0.2, -0.15) is 0 Å². The van der Waals surface area contributed by atoms with Gasteiger partial charge in [0.05, 0.1) is 0 Å². The SMILES string of the molecule is C=C[Si](C=C)(C=C)NC. The van der Waals surface area contributed by atoms with E-state index in [1.807, 2.05) is 24.1 Å². The first-order valence-corrected chi connectivity index (χ1v) is 5.07. The van der Waals surface area contributed by atoms with Crippen molar-refractivity contribution in [2.24, 2.45) is 0 Å². The van der Waals surface area contributed by atoms with Crippen LogP contribution in [0.15, 0.2) is 36.8 Å². The summed E-state index contributed by atoms with van der Waals surface area (Å²) in [5, 5.41) is 0. The molecular formula is C7H13NSi. The second kappa shape index (κ2) is 3.43. The highest BCUT2D eigenvalue weighted by Gasteiger charge is 2.17. The van der Waals surface area contributed by atoms with Crippen molar-refractivity contribution in [3.8, 4) is 0 Å². The standard InChI is InChI=1S/C7H13NSi/c1-5-9(6-2,7-3)8-4/h5-8H,1-3H2,4H3. The van der Waals surface area contributed by atoms with E-state index in [1.54, 1.807) is 0 Å². The molecule has 50 valence electrons. The average Bonchev–Trinajstić information content (AvgIpc) is 1.95. The molecule has 0 unspecified atom stereocenters. The second-order valence-corrected chi connectivity index (χ2v) is 5.39. The molecule has 0 aromatic rings. The third-order valence-electron chi connectivity index (χ3n) is 1.45. The van der Waals surface area contributed by atoms with Gasteiger partial charge in [0.25, 0.3) is 0 Å². The summed E-state index contributed by atoms with van der Waals surface area (Å²) in [6.45, 7) is 11.1. The molecule has 0 amide bonds. The Labute approximate surface area is 57.9 Å². The van der Waals surface area contributed by atoms with E-state index in [2.05, 4.69) is 24.7 Å². The summed E-state index contributed by atoms with van der Waals surface area (Å²) >= 11 is 0. The third kappa shape index (κ3) is 1.66. The van der Waals surface area contributed by atoms with Crippen LogP contribution < -0.4 is 4.98 Å². The lowest BCUT2D eigenvalue weighted by molar-refractivity contribution is 1.21. The van der Waals surface area contributed by atoms with Crippen LogP contribution in [0.5, 0.6) is 0 Å². The van der Waals surface area contributed by atoms with E-state index < -0.39 is 8.24 Å². The first-order chi connectivity index (χ1) is 4.24. The molecule has 0 rings (SSSR count). The Bertz CT molecular complexity index is 107. The van der Waals surface area contributed by atoms with Gasteiger partial charge in [-0.15, -0.1) is 19.7 Å². The molecule has 0 aromatic carbocycles. The Morgan fingerprint density at radius 2 is 1.44 bits per heavy atom. The van der Waals surface area contributed by atoms with Crippen molar-refractivity contribution in [2.75, 3.05) is 7.05 Å². The summed E-state index contributed by atoms with van der Waals surface area (Å²) in [5.74, 6) is 0. The van der Waals surface area contributed by atoms with Gasteiger partial charge in [0.15, 0.2) is 8.24 Å². The van der Waals surface area contributed by atoms with Gasteiger partial charge in [-0.1, -0.05) is 17.1 Å². The van der Waals surface area contributed by atoms with Gasteiger partial charge in [-0.25, -0.2) is 0 Å². The molecule has 2 heteroatoms. The Morgan fingerprint density at radius 3 is 1.44 bits per heavy atom. The third-order valence-corrected chi connectivity index (χ3v) is 4.34. The molecule has 9 heavy (non-hydrogen) atoms. The fourth-order valence-electron chi connectivity index (χ4n) is 0.556. The van der Waals surface area contributed by atoms with E-state index in [9.17, 15) is 0 Å². The molecule has 0 fully saturated rings. The molecule has 0 radical (unpaired) electrons. The van der Waals surface area contributed by atoms with Crippen LogP contribution in [0.1, 0.15) is 0 Å². The van der Waals surface area contributed by atoms with E-state index in [-0.39, 0.29) is 0 Å². The van der Waals surface area contributed by atoms with Crippen LogP contribution >= 0.6 is 0 Å². The summed E-state index contributed by atoms with van der Waals surface area (Å²) in [6, 6.07) is 0. The van der Waals surface area contributed by atoms with Gasteiger partial charge in [-0.3, -0.25) is 0 Å². The molecule has 1 N–H and O–H groups in total. The quantitative estimate of drug-likeness (QED) is 0.579. The molecular weight excluding hydrogens is 126 g/mol. The molecule has 0 aromatic heterocycles. The maximum atomic E-state index is 3.70. The zero-order chi connectivity index (χ0) is 7.33. The normalized spacial score (nSPS) is 10.3. The van der Waals surface area contributed by atoms with Crippen molar-refractivity contribution in [3.05, 3.63) is 36.8 Å². The highest BCUT2D eigenvalue weighted by Crippen LogP contribution is 1.99. The highest BCUT2D eigenvalue weighted by molar-refractivity contribution is 6.90.